The van der Waals surface area contributed by atoms with Crippen LogP contribution in [0, 0.1) is 0 Å². The SMILES string of the molecule is COCC(COC)OC(=O)c1coc(Br)c1. The molecule has 1 heterocycles. The van der Waals surface area contributed by atoms with Crippen molar-refractivity contribution in [3.63, 3.8) is 0 Å². The summed E-state index contributed by atoms with van der Waals surface area (Å²) in [7, 11) is 3.07. The molecular weight excluding hydrogens is 280 g/mol. The molecule has 0 aliphatic carbocycles. The molecule has 0 bridgehead atoms. The Balaban J connectivity index is 2.54. The summed E-state index contributed by atoms with van der Waals surface area (Å²) in [4.78, 5) is 11.6. The third-order valence-corrected chi connectivity index (χ3v) is 2.20. The fraction of sp³-hybridized carbons (Fsp3) is 0.500. The van der Waals surface area contributed by atoms with Gasteiger partial charge < -0.3 is 18.6 Å². The second-order valence-electron chi connectivity index (χ2n) is 3.08. The summed E-state index contributed by atoms with van der Waals surface area (Å²) in [5.41, 5.74) is 0.351. The second-order valence-corrected chi connectivity index (χ2v) is 3.86. The number of carbonyl (C=O) groups excluding carboxylic acids is 1. The van der Waals surface area contributed by atoms with Gasteiger partial charge in [-0.15, -0.1) is 0 Å². The largest absolute Gasteiger partial charge is 0.457 e. The summed E-state index contributed by atoms with van der Waals surface area (Å²) in [6.45, 7) is 0.581. The first-order chi connectivity index (χ1) is 7.67. The van der Waals surface area contributed by atoms with Crippen molar-refractivity contribution in [2.24, 2.45) is 0 Å². The van der Waals surface area contributed by atoms with Gasteiger partial charge in [0.1, 0.15) is 12.4 Å². The first kappa shape index (κ1) is 13.2. The lowest BCUT2D eigenvalue weighted by Crippen LogP contribution is -2.27. The average molecular weight is 293 g/mol. The van der Waals surface area contributed by atoms with Crippen LogP contribution >= 0.6 is 15.9 Å². The normalized spacial score (nSPS) is 10.8. The van der Waals surface area contributed by atoms with Crippen molar-refractivity contribution in [3.8, 4) is 0 Å². The van der Waals surface area contributed by atoms with Gasteiger partial charge in [-0.3, -0.25) is 0 Å². The molecule has 0 atom stereocenters. The van der Waals surface area contributed by atoms with Crippen molar-refractivity contribution in [3.05, 3.63) is 22.6 Å². The van der Waals surface area contributed by atoms with E-state index in [0.717, 1.165) is 0 Å². The minimum atomic E-state index is -0.464. The number of hydrogen-bond donors (Lipinski definition) is 0. The molecule has 5 nitrogen and oxygen atoms in total. The lowest BCUT2D eigenvalue weighted by Gasteiger charge is -2.15. The maximum absolute atomic E-state index is 11.6. The van der Waals surface area contributed by atoms with Crippen LogP contribution in [0.15, 0.2) is 21.4 Å². The Bertz CT molecular complexity index is 330. The Labute approximate surface area is 102 Å². The van der Waals surface area contributed by atoms with Gasteiger partial charge in [0.25, 0.3) is 0 Å². The third kappa shape index (κ3) is 3.96. The van der Waals surface area contributed by atoms with E-state index in [2.05, 4.69) is 15.9 Å². The summed E-state index contributed by atoms with van der Waals surface area (Å²) < 4.78 is 20.4. The summed E-state index contributed by atoms with van der Waals surface area (Å²) in [6, 6.07) is 1.54. The van der Waals surface area contributed by atoms with Crippen LogP contribution in [0.2, 0.25) is 0 Å². The lowest BCUT2D eigenvalue weighted by molar-refractivity contribution is -0.0224. The molecule has 1 aromatic heterocycles. The van der Waals surface area contributed by atoms with E-state index in [-0.39, 0.29) is 0 Å². The molecule has 0 radical (unpaired) electrons. The van der Waals surface area contributed by atoms with Gasteiger partial charge in [0, 0.05) is 20.3 Å². The van der Waals surface area contributed by atoms with Gasteiger partial charge in [0.2, 0.25) is 0 Å². The molecule has 16 heavy (non-hydrogen) atoms. The zero-order valence-corrected chi connectivity index (χ0v) is 10.7. The maximum atomic E-state index is 11.6. The monoisotopic (exact) mass is 292 g/mol. The van der Waals surface area contributed by atoms with Crippen LogP contribution in [0.4, 0.5) is 0 Å². The van der Waals surface area contributed by atoms with Gasteiger partial charge in [-0.2, -0.15) is 0 Å². The molecule has 0 spiro atoms. The van der Waals surface area contributed by atoms with Crippen molar-refractivity contribution in [2.45, 2.75) is 6.10 Å². The van der Waals surface area contributed by atoms with E-state index >= 15 is 0 Å². The highest BCUT2D eigenvalue weighted by Crippen LogP contribution is 2.15. The zero-order chi connectivity index (χ0) is 12.0. The van der Waals surface area contributed by atoms with Crippen molar-refractivity contribution < 1.29 is 23.4 Å². The molecule has 1 rings (SSSR count). The highest BCUT2D eigenvalue weighted by Gasteiger charge is 2.17. The Morgan fingerprint density at radius 3 is 2.50 bits per heavy atom. The average Bonchev–Trinajstić information content (AvgIpc) is 2.65. The zero-order valence-electron chi connectivity index (χ0n) is 9.07. The fourth-order valence-corrected chi connectivity index (χ4v) is 1.46. The van der Waals surface area contributed by atoms with E-state index in [1.165, 1.54) is 20.5 Å². The summed E-state index contributed by atoms with van der Waals surface area (Å²) in [6.07, 6.45) is 0.902. The molecule has 0 aromatic carbocycles. The van der Waals surface area contributed by atoms with Gasteiger partial charge in [0.05, 0.1) is 18.8 Å². The smallest absolute Gasteiger partial charge is 0.341 e. The first-order valence-electron chi connectivity index (χ1n) is 4.60. The van der Waals surface area contributed by atoms with E-state index in [0.29, 0.717) is 23.4 Å². The first-order valence-corrected chi connectivity index (χ1v) is 5.39. The Morgan fingerprint density at radius 2 is 2.06 bits per heavy atom. The topological polar surface area (TPSA) is 57.9 Å². The van der Waals surface area contributed by atoms with E-state index in [4.69, 9.17) is 18.6 Å². The van der Waals surface area contributed by atoms with Crippen molar-refractivity contribution in [1.29, 1.82) is 0 Å². The highest BCUT2D eigenvalue weighted by atomic mass is 79.9. The van der Waals surface area contributed by atoms with Crippen molar-refractivity contribution >= 4 is 21.9 Å². The van der Waals surface area contributed by atoms with Crippen LogP contribution in [0.25, 0.3) is 0 Å². The van der Waals surface area contributed by atoms with Gasteiger partial charge in [-0.05, 0) is 15.9 Å². The van der Waals surface area contributed by atoms with Crippen LogP contribution in [-0.2, 0) is 14.2 Å². The van der Waals surface area contributed by atoms with Gasteiger partial charge in [-0.25, -0.2) is 4.79 Å². The minimum absolute atomic E-state index is 0.290. The standard InChI is InChI=1S/C10H13BrO5/c1-13-5-8(6-14-2)16-10(12)7-3-9(11)15-4-7/h3-4,8H,5-6H2,1-2H3. The van der Waals surface area contributed by atoms with E-state index in [1.54, 1.807) is 6.07 Å². The van der Waals surface area contributed by atoms with Crippen LogP contribution in [-0.4, -0.2) is 39.5 Å². The summed E-state index contributed by atoms with van der Waals surface area (Å²) in [5.74, 6) is -0.464. The van der Waals surface area contributed by atoms with Crippen LogP contribution in [0.3, 0.4) is 0 Å². The summed E-state index contributed by atoms with van der Waals surface area (Å²) in [5, 5.41) is 0. The molecule has 1 aromatic rings. The molecule has 0 N–H and O–H groups in total. The number of rotatable bonds is 6. The Morgan fingerprint density at radius 1 is 1.44 bits per heavy atom. The van der Waals surface area contributed by atoms with E-state index < -0.39 is 12.1 Å². The maximum Gasteiger partial charge on any atom is 0.341 e. The molecule has 0 unspecified atom stereocenters. The van der Waals surface area contributed by atoms with Crippen LogP contribution in [0.5, 0.6) is 0 Å². The van der Waals surface area contributed by atoms with Gasteiger partial charge in [-0.1, -0.05) is 0 Å². The molecule has 90 valence electrons. The van der Waals surface area contributed by atoms with Gasteiger partial charge in [0.15, 0.2) is 4.67 Å². The number of halogens is 1. The molecular formula is C10H13BrO5. The number of methoxy groups -OCH3 is 2. The summed E-state index contributed by atoms with van der Waals surface area (Å²) >= 11 is 3.10. The van der Waals surface area contributed by atoms with Crippen molar-refractivity contribution in [1.82, 2.24) is 0 Å². The van der Waals surface area contributed by atoms with Gasteiger partial charge >= 0.3 is 5.97 Å². The quantitative estimate of drug-likeness (QED) is 0.749. The predicted molar refractivity (Wildman–Crippen MR) is 59.4 cm³/mol. The molecule has 0 amide bonds. The predicted octanol–water partition coefficient (Wildman–Crippen LogP) is 1.86. The third-order valence-electron chi connectivity index (χ3n) is 1.78. The Kier molecular flexibility index (Phi) is 5.51. The lowest BCUT2D eigenvalue weighted by atomic mass is 10.3. The number of ether oxygens (including phenoxy) is 3. The van der Waals surface area contributed by atoms with Crippen LogP contribution in [0.1, 0.15) is 10.4 Å². The highest BCUT2D eigenvalue weighted by molar-refractivity contribution is 9.10. The number of esters is 1. The minimum Gasteiger partial charge on any atom is -0.457 e. The van der Waals surface area contributed by atoms with E-state index in [1.807, 2.05) is 0 Å². The molecule has 0 aliphatic heterocycles. The Hall–Kier alpha value is -0.850. The fourth-order valence-electron chi connectivity index (χ4n) is 1.12. The number of carbonyl (C=O) groups is 1. The molecule has 0 saturated heterocycles. The van der Waals surface area contributed by atoms with Crippen molar-refractivity contribution in [2.75, 3.05) is 27.4 Å². The van der Waals surface area contributed by atoms with Crippen LogP contribution < -0.4 is 0 Å². The number of hydrogen-bond acceptors (Lipinski definition) is 5. The molecule has 0 fully saturated rings. The molecule has 0 saturated carbocycles. The second kappa shape index (κ2) is 6.67. The van der Waals surface area contributed by atoms with E-state index in [9.17, 15) is 4.79 Å². The molecule has 6 heteroatoms. The molecule has 0 aliphatic rings. The number of furan rings is 1.